The molecule has 1 aliphatic carbocycles. The smallest absolute Gasteiger partial charge is 0.232 e. The first-order chi connectivity index (χ1) is 16.3. The zero-order chi connectivity index (χ0) is 24.0. The number of nitrogens with zero attached hydrogens (tertiary/aromatic N) is 1. The molecule has 3 aromatic rings. The van der Waals surface area contributed by atoms with E-state index >= 15 is 0 Å². The fraction of sp³-hybridized carbons (Fsp3) is 0.241. The van der Waals surface area contributed by atoms with E-state index in [2.05, 4.69) is 12.1 Å². The molecule has 5 rings (SSSR count). The highest BCUT2D eigenvalue weighted by Crippen LogP contribution is 2.48. The molecular weight excluding hydrogens is 465 g/mol. The van der Waals surface area contributed by atoms with Crippen LogP contribution in [-0.4, -0.2) is 11.7 Å². The maximum absolute atomic E-state index is 13.7. The summed E-state index contributed by atoms with van der Waals surface area (Å²) in [6.07, 6.45) is 1.22. The van der Waals surface area contributed by atoms with Crippen LogP contribution in [0.1, 0.15) is 53.4 Å². The number of rotatable bonds is 3. The summed E-state index contributed by atoms with van der Waals surface area (Å²) in [5, 5.41) is 1.01. The maximum Gasteiger partial charge on any atom is 0.232 e. The second kappa shape index (κ2) is 9.05. The molecule has 2 aliphatic rings. The van der Waals surface area contributed by atoms with Gasteiger partial charge in [0.05, 0.1) is 5.69 Å². The average molecular weight is 490 g/mol. The Morgan fingerprint density at radius 2 is 1.62 bits per heavy atom. The van der Waals surface area contributed by atoms with Crippen LogP contribution in [-0.2, 0) is 9.59 Å². The summed E-state index contributed by atoms with van der Waals surface area (Å²) >= 11 is 12.7. The molecule has 3 nitrogen and oxygen atoms in total. The molecule has 2 unspecified atom stereocenters. The summed E-state index contributed by atoms with van der Waals surface area (Å²) in [6, 6.07) is 21.4. The van der Waals surface area contributed by atoms with Gasteiger partial charge in [-0.2, -0.15) is 0 Å². The highest BCUT2D eigenvalue weighted by atomic mass is 35.5. The van der Waals surface area contributed by atoms with Crippen molar-refractivity contribution in [2.75, 3.05) is 4.90 Å². The number of hydrogen-bond acceptors (Lipinski definition) is 2. The molecule has 3 aromatic carbocycles. The molecule has 0 saturated carbocycles. The first-order valence-corrected chi connectivity index (χ1v) is 12.3. The molecule has 0 fully saturated rings. The minimum atomic E-state index is -0.377. The Kier molecular flexibility index (Phi) is 6.09. The van der Waals surface area contributed by atoms with Crippen molar-refractivity contribution < 1.29 is 9.59 Å². The largest absolute Gasteiger partial charge is 0.294 e. The van der Waals surface area contributed by atoms with Crippen molar-refractivity contribution >= 4 is 40.6 Å². The van der Waals surface area contributed by atoms with Crippen molar-refractivity contribution in [3.05, 3.63) is 110 Å². The topological polar surface area (TPSA) is 37.4 Å². The summed E-state index contributed by atoms with van der Waals surface area (Å²) in [6.45, 7) is 4.07. The third-order valence-electron chi connectivity index (χ3n) is 7.16. The van der Waals surface area contributed by atoms with Crippen LogP contribution >= 0.6 is 23.2 Å². The molecule has 0 bridgehead atoms. The van der Waals surface area contributed by atoms with E-state index in [9.17, 15) is 9.59 Å². The van der Waals surface area contributed by atoms with E-state index in [1.54, 1.807) is 17.0 Å². The quantitative estimate of drug-likeness (QED) is 0.381. The molecule has 0 spiro atoms. The van der Waals surface area contributed by atoms with E-state index in [1.165, 1.54) is 0 Å². The molecule has 0 aromatic heterocycles. The van der Waals surface area contributed by atoms with Gasteiger partial charge in [0.1, 0.15) is 0 Å². The lowest BCUT2D eigenvalue weighted by Gasteiger charge is -2.41. The Bertz CT molecular complexity index is 1330. The zero-order valence-corrected chi connectivity index (χ0v) is 20.7. The average Bonchev–Trinajstić information content (AvgIpc) is 2.81. The third-order valence-corrected chi connectivity index (χ3v) is 7.72. The Morgan fingerprint density at radius 1 is 0.853 bits per heavy atom. The summed E-state index contributed by atoms with van der Waals surface area (Å²) in [5.74, 6) is -0.302. The number of Topliss-reactive ketones (excluding diaryl/α,β-unsaturated/α-hetero) is 1. The van der Waals surface area contributed by atoms with Gasteiger partial charge in [-0.3, -0.25) is 14.5 Å². The van der Waals surface area contributed by atoms with Gasteiger partial charge in [0.2, 0.25) is 5.91 Å². The highest BCUT2D eigenvalue weighted by Gasteiger charge is 2.43. The van der Waals surface area contributed by atoms with E-state index < -0.39 is 0 Å². The number of ketones is 1. The molecular formula is C29H25Cl2NO2. The lowest BCUT2D eigenvalue weighted by Crippen LogP contribution is -2.42. The van der Waals surface area contributed by atoms with Gasteiger partial charge < -0.3 is 0 Å². The van der Waals surface area contributed by atoms with E-state index in [1.807, 2.05) is 56.3 Å². The van der Waals surface area contributed by atoms with Gasteiger partial charge in [0.15, 0.2) is 5.78 Å². The minimum absolute atomic E-state index is 0.0207. The van der Waals surface area contributed by atoms with Crippen LogP contribution in [0.15, 0.2) is 78.0 Å². The first-order valence-electron chi connectivity index (χ1n) is 11.5. The van der Waals surface area contributed by atoms with Crippen LogP contribution in [0.25, 0.3) is 0 Å². The number of carbonyl (C=O) groups is 2. The number of hydrogen-bond donors (Lipinski definition) is 0. The third kappa shape index (κ3) is 3.97. The number of carbonyl (C=O) groups excluding carboxylic acids is 2. The van der Waals surface area contributed by atoms with Gasteiger partial charge in [-0.25, -0.2) is 0 Å². The molecule has 1 heterocycles. The fourth-order valence-electron chi connectivity index (χ4n) is 5.30. The minimum Gasteiger partial charge on any atom is -0.294 e. The van der Waals surface area contributed by atoms with E-state index in [0.29, 0.717) is 28.5 Å². The van der Waals surface area contributed by atoms with Crippen molar-refractivity contribution in [2.24, 2.45) is 0 Å². The molecule has 0 saturated heterocycles. The Labute approximate surface area is 210 Å². The van der Waals surface area contributed by atoms with Crippen molar-refractivity contribution in [3.63, 3.8) is 0 Å². The van der Waals surface area contributed by atoms with Crippen LogP contribution < -0.4 is 4.90 Å². The predicted octanol–water partition coefficient (Wildman–Crippen LogP) is 7.53. The Balaban J connectivity index is 1.70. The maximum atomic E-state index is 13.7. The number of anilines is 1. The summed E-state index contributed by atoms with van der Waals surface area (Å²) in [5.41, 5.74) is 6.39. The fourth-order valence-corrected chi connectivity index (χ4v) is 5.84. The van der Waals surface area contributed by atoms with Gasteiger partial charge in [0.25, 0.3) is 0 Å². The van der Waals surface area contributed by atoms with E-state index in [4.69, 9.17) is 23.2 Å². The van der Waals surface area contributed by atoms with Crippen LogP contribution in [0, 0.1) is 13.8 Å². The normalized spacial score (nSPS) is 20.5. The predicted molar refractivity (Wildman–Crippen MR) is 138 cm³/mol. The van der Waals surface area contributed by atoms with Gasteiger partial charge in [-0.15, -0.1) is 0 Å². The number of halogens is 2. The molecule has 1 aliphatic heterocycles. The summed E-state index contributed by atoms with van der Waals surface area (Å²) in [7, 11) is 0. The SMILES string of the molecule is Cc1cccc(N2C(=O)CC(c3ccc(Cl)cc3Cl)C3=C2CC(c2ccccc2)CC3=O)c1C. The molecule has 0 N–H and O–H groups in total. The number of benzene rings is 3. The molecule has 5 heteroatoms. The Morgan fingerprint density at radius 3 is 2.35 bits per heavy atom. The van der Waals surface area contributed by atoms with Crippen LogP contribution in [0.2, 0.25) is 10.0 Å². The van der Waals surface area contributed by atoms with Gasteiger partial charge in [0, 0.05) is 40.1 Å². The standard InChI is InChI=1S/C29H25Cl2NO2/c1-17-7-6-10-25(18(17)2)32-26-13-20(19-8-4-3-5-9-19)14-27(33)29(26)23(16-28(32)34)22-12-11-21(30)15-24(22)31/h3-12,15,20,23H,13-14,16H2,1-2H3. The van der Waals surface area contributed by atoms with Gasteiger partial charge >= 0.3 is 0 Å². The second-order valence-corrected chi connectivity index (χ2v) is 10.0. The number of amides is 1. The molecule has 2 atom stereocenters. The summed E-state index contributed by atoms with van der Waals surface area (Å²) < 4.78 is 0. The van der Waals surface area contributed by atoms with Crippen molar-refractivity contribution in [1.82, 2.24) is 0 Å². The van der Waals surface area contributed by atoms with Crippen LogP contribution in [0.4, 0.5) is 5.69 Å². The van der Waals surface area contributed by atoms with Crippen molar-refractivity contribution in [2.45, 2.75) is 44.9 Å². The first kappa shape index (κ1) is 22.9. The molecule has 34 heavy (non-hydrogen) atoms. The van der Waals surface area contributed by atoms with Gasteiger partial charge in [-0.1, -0.05) is 71.7 Å². The van der Waals surface area contributed by atoms with Crippen LogP contribution in [0.5, 0.6) is 0 Å². The number of allylic oxidation sites excluding steroid dienone is 2. The zero-order valence-electron chi connectivity index (χ0n) is 19.1. The summed E-state index contributed by atoms with van der Waals surface area (Å²) in [4.78, 5) is 29.3. The van der Waals surface area contributed by atoms with E-state index in [0.717, 1.165) is 33.6 Å². The highest BCUT2D eigenvalue weighted by molar-refractivity contribution is 6.35. The number of aryl methyl sites for hydroxylation is 1. The lowest BCUT2D eigenvalue weighted by atomic mass is 9.72. The lowest BCUT2D eigenvalue weighted by molar-refractivity contribution is -0.120. The van der Waals surface area contributed by atoms with Crippen LogP contribution in [0.3, 0.4) is 0 Å². The van der Waals surface area contributed by atoms with E-state index in [-0.39, 0.29) is 29.9 Å². The van der Waals surface area contributed by atoms with Gasteiger partial charge in [-0.05, 0) is 66.6 Å². The molecule has 172 valence electrons. The second-order valence-electron chi connectivity index (χ2n) is 9.17. The Hall–Kier alpha value is -2.88. The van der Waals surface area contributed by atoms with Crippen molar-refractivity contribution in [1.29, 1.82) is 0 Å². The molecule has 0 radical (unpaired) electrons. The molecule has 1 amide bonds. The monoisotopic (exact) mass is 489 g/mol. The van der Waals surface area contributed by atoms with Crippen molar-refractivity contribution in [3.8, 4) is 0 Å².